The van der Waals surface area contributed by atoms with Gasteiger partial charge in [-0.3, -0.25) is 0 Å². The van der Waals surface area contributed by atoms with Crippen molar-refractivity contribution in [2.45, 2.75) is 299 Å². The van der Waals surface area contributed by atoms with Gasteiger partial charge in [-0.1, -0.05) is 0 Å². The summed E-state index contributed by atoms with van der Waals surface area (Å²) in [7, 11) is 0. The Kier molecular flexibility index (Phi) is 47.5. The third-order valence-electron chi connectivity index (χ3n) is 19.6. The topological polar surface area (TPSA) is 1130 Å². The minimum absolute atomic E-state index is 1.38. The van der Waals surface area contributed by atoms with E-state index in [1.54, 1.807) is 0 Å². The summed E-state index contributed by atoms with van der Waals surface area (Å²) >= 11 is 0. The molecule has 2 aliphatic heterocycles. The van der Waals surface area contributed by atoms with Crippen LogP contribution in [0, 0.1) is 0 Å². The van der Waals surface area contributed by atoms with E-state index in [9.17, 15) is 264 Å². The Morgan fingerprint density at radius 1 is 0.260 bits per heavy atom. The fourth-order valence-electron chi connectivity index (χ4n) is 11.4. The van der Waals surface area contributed by atoms with Gasteiger partial charge in [-0.15, -0.1) is 0 Å². The Balaban J connectivity index is 3.44. The van der Waals surface area contributed by atoms with Gasteiger partial charge >= 0.3 is 29.8 Å². The zero-order chi connectivity index (χ0) is 95.4. The van der Waals surface area contributed by atoms with Crippen molar-refractivity contribution >= 4 is 29.8 Å². The van der Waals surface area contributed by atoms with Gasteiger partial charge in [-0.05, 0) is 0 Å². The fourth-order valence-corrected chi connectivity index (χ4v) is 11.4. The summed E-state index contributed by atoms with van der Waals surface area (Å²) in [6, 6.07) is 0. The maximum atomic E-state index is 14.7. The lowest BCUT2D eigenvalue weighted by Crippen LogP contribution is -2.65. The van der Waals surface area contributed by atoms with Crippen LogP contribution in [0.25, 0.3) is 0 Å². The molecule has 0 aliphatic carbocycles. The van der Waals surface area contributed by atoms with Gasteiger partial charge in [0, 0.05) is 0 Å². The number of hydrogen-bond acceptors (Lipinski definition) is 61. The lowest BCUT2D eigenvalue weighted by atomic mass is 9.92. The molecule has 0 amide bonds. The van der Waals surface area contributed by atoms with Crippen LogP contribution in [0.4, 0.5) is 0 Å². The predicted octanol–water partition coefficient (Wildman–Crippen LogP) is -33.2. The number of aliphatic hydroxyl groups excluding tert-OH is 48. The van der Waals surface area contributed by atoms with E-state index in [0.717, 1.165) is 0 Å². The Hall–Kier alpha value is -4.69. The van der Waals surface area contributed by atoms with Crippen LogP contribution in [-0.2, 0) is 61.9 Å². The largest absolute Gasteiger partial charge is 0.461 e. The van der Waals surface area contributed by atoms with Gasteiger partial charge in [0.1, 0.15) is 251 Å². The van der Waals surface area contributed by atoms with E-state index in [2.05, 4.69) is 0 Å². The minimum Gasteiger partial charge on any atom is -0.461 e. The molecular weight excluding hydrogens is 1720 g/mol. The highest BCUT2D eigenvalue weighted by Gasteiger charge is 2.66. The maximum absolute atomic E-state index is 14.7. The third kappa shape index (κ3) is 28.4. The number of esters is 5. The van der Waals surface area contributed by atoms with E-state index in [-0.39, 0.29) is 0 Å². The van der Waals surface area contributed by atoms with Gasteiger partial charge < -0.3 is 283 Å². The fraction of sp³-hybridized carbons (Fsp3) is 0.919. The number of aliphatic hydroxyl groups is 48. The Labute approximate surface area is 687 Å². The van der Waals surface area contributed by atoms with Crippen LogP contribution in [-0.4, -0.2) is 627 Å². The Bertz CT molecular complexity index is 3090. The van der Waals surface area contributed by atoms with Crippen molar-refractivity contribution in [2.24, 2.45) is 0 Å². The van der Waals surface area contributed by atoms with Crippen molar-refractivity contribution in [3.8, 4) is 0 Å². The molecule has 0 aromatic heterocycles. The van der Waals surface area contributed by atoms with Gasteiger partial charge in [-0.2, -0.15) is 0 Å². The third-order valence-corrected chi connectivity index (χ3v) is 19.6. The molecule has 0 aromatic rings. The van der Waals surface area contributed by atoms with Crippen LogP contribution in [0.5, 0.6) is 0 Å². The average molecular weight is 1830 g/mol. The smallest absolute Gasteiger partial charge is 0.338 e. The van der Waals surface area contributed by atoms with Crippen LogP contribution < -0.4 is 0 Å². The summed E-state index contributed by atoms with van der Waals surface area (Å²) in [5.74, 6) is -17.9. The SMILES string of the molecule is O=C(OC[C@H]1O[C@@](COC(=O)C(O)C(O)C(O)C(O)C(O)C(O)C(O)C(O)CO)(O[C@H]2O[C@H](CO)[C@@H](O)[C@H](O)[C@H]2OC(=O)C(O)C(O)C(O)C(O)C(O)C(O)C(O)C(O)CO)[C@@H](OC(=O)C(O)C(O)C(O)C(O)C(O)C(O)C(O)C(O)CO)[C@@H]1OC(=O)C(O)C(O)C(O)C(O)C(O)C(O)C(O)C(O)CO)C(O)C(O)C(O)C(O)C(O)C(O)C(O)C(O)CO. The molecule has 2 heterocycles. The molecule has 123 heavy (non-hydrogen) atoms. The summed E-state index contributed by atoms with van der Waals surface area (Å²) in [5.41, 5.74) is 0. The highest BCUT2D eigenvalue weighted by molar-refractivity contribution is 5.78. The number of carbonyl (C=O) groups is 5. The number of ether oxygens (including phenoxy) is 8. The molecule has 61 nitrogen and oxygen atoms in total. The minimum atomic E-state index is -4.49. The Morgan fingerprint density at radius 3 is 0.732 bits per heavy atom. The normalized spacial score (nSPS) is 29.7. The number of rotatable bonds is 55. The molecule has 2 aliphatic rings. The molecule has 2 saturated heterocycles. The molecule has 0 radical (unpaired) electrons. The highest BCUT2D eigenvalue weighted by atomic mass is 16.8. The van der Waals surface area contributed by atoms with Gasteiger partial charge in [0.05, 0.1) is 39.6 Å². The van der Waals surface area contributed by atoms with E-state index in [4.69, 9.17) is 43.0 Å². The molecule has 40 unspecified atom stereocenters. The molecule has 0 aromatic carbocycles. The zero-order valence-electron chi connectivity index (χ0n) is 63.1. The maximum Gasteiger partial charge on any atom is 0.338 e. The second-order valence-electron chi connectivity index (χ2n) is 28.4. The molecule has 726 valence electrons. The first kappa shape index (κ1) is 114. The number of hydrogen-bond donors (Lipinski definition) is 48. The highest BCUT2D eigenvalue weighted by Crippen LogP contribution is 2.42. The summed E-state index contributed by atoms with van der Waals surface area (Å²) in [6.45, 7) is -13.6. The van der Waals surface area contributed by atoms with Crippen molar-refractivity contribution in [2.75, 3.05) is 52.9 Å². The van der Waals surface area contributed by atoms with Crippen molar-refractivity contribution < 1.29 is 307 Å². The predicted molar refractivity (Wildman–Crippen MR) is 364 cm³/mol. The van der Waals surface area contributed by atoms with Gasteiger partial charge in [0.2, 0.25) is 12.1 Å². The van der Waals surface area contributed by atoms with E-state index < -0.39 is 382 Å². The van der Waals surface area contributed by atoms with Crippen LogP contribution in [0.1, 0.15) is 0 Å². The van der Waals surface area contributed by atoms with Crippen molar-refractivity contribution in [1.82, 2.24) is 0 Å². The standard InChI is InChI=1S/C62H112O61/c63-1-9(69)16(74)22(80)27(85)32(90)37(95)42(100)48(106)56(111)116-7-15-53(119-58(113)50(108)44(102)39(97)34(92)29(87)24(82)18(76)11(71)3-65)55(121-60(115)52(110)46(104)41(99)36(94)31(89)26(84)20(78)13(73)5-67)62(122-15,8-117-57(112)49(107)43(101)38(96)33(91)28(86)23(81)17(75)10(70)2-64)123-61-54(47(105)21(79)14(6-68)118-61)120-59(114)51(109)45(103)40(98)35(93)30(88)25(83)19(77)12(72)4-66/h9-55,61,63-110H,1-8H2/t9?,10?,11?,12?,13?,14-,15-,16?,17?,18?,19?,20?,21-,22?,23?,24?,25?,26?,27?,28?,29?,30?,31?,32?,33?,34?,35?,36?,37?,38?,39?,40?,41?,42?,43?,44?,45?,46?,47+,48?,49?,50?,51?,52?,53-,54-,55+,61-,62+/m1/s1. The van der Waals surface area contributed by atoms with Gasteiger partial charge in [-0.25, -0.2) is 24.0 Å². The number of carbonyl (C=O) groups excluding carboxylic acids is 5. The molecule has 48 N–H and O–H groups in total. The first-order valence-corrected chi connectivity index (χ1v) is 36.0. The van der Waals surface area contributed by atoms with E-state index in [0.29, 0.717) is 0 Å². The first-order chi connectivity index (χ1) is 56.8. The quantitative estimate of drug-likeness (QED) is 0.0199. The lowest BCUT2D eigenvalue weighted by Gasteiger charge is -2.45. The summed E-state index contributed by atoms with van der Waals surface area (Å²) in [4.78, 5) is 71.3. The molecule has 49 atom stereocenters. The zero-order valence-corrected chi connectivity index (χ0v) is 63.1. The van der Waals surface area contributed by atoms with Crippen LogP contribution in [0.3, 0.4) is 0 Å². The first-order valence-electron chi connectivity index (χ1n) is 36.0. The molecule has 2 rings (SSSR count). The lowest BCUT2D eigenvalue weighted by molar-refractivity contribution is -0.385. The molecule has 0 bridgehead atoms. The molecular formula is C62H112O61. The van der Waals surface area contributed by atoms with Crippen molar-refractivity contribution in [3.63, 3.8) is 0 Å². The second kappa shape index (κ2) is 51.1. The Morgan fingerprint density at radius 2 is 0.480 bits per heavy atom. The van der Waals surface area contributed by atoms with E-state index in [1.807, 2.05) is 0 Å². The molecule has 0 saturated carbocycles. The monoisotopic (exact) mass is 1830 g/mol. The average Bonchev–Trinajstić information content (AvgIpc) is 1.47. The second-order valence-corrected chi connectivity index (χ2v) is 28.4. The van der Waals surface area contributed by atoms with Crippen molar-refractivity contribution in [1.29, 1.82) is 0 Å². The van der Waals surface area contributed by atoms with Crippen LogP contribution in [0.15, 0.2) is 0 Å². The summed E-state index contributed by atoms with van der Waals surface area (Å²) in [5, 5.41) is 504. The molecule has 61 heteroatoms. The molecule has 2 fully saturated rings. The summed E-state index contributed by atoms with van der Waals surface area (Å²) < 4.78 is 42.4. The van der Waals surface area contributed by atoms with Crippen molar-refractivity contribution in [3.05, 3.63) is 0 Å². The van der Waals surface area contributed by atoms with Gasteiger partial charge in [0.15, 0.2) is 48.8 Å². The van der Waals surface area contributed by atoms with Crippen LogP contribution >= 0.6 is 0 Å². The molecule has 0 spiro atoms. The summed E-state index contributed by atoms with van der Waals surface area (Å²) in [6.07, 6.45) is -149. The van der Waals surface area contributed by atoms with Gasteiger partial charge in [0.25, 0.3) is 0 Å². The van der Waals surface area contributed by atoms with E-state index >= 15 is 0 Å². The van der Waals surface area contributed by atoms with Crippen LogP contribution in [0.2, 0.25) is 0 Å². The van der Waals surface area contributed by atoms with E-state index in [1.165, 1.54) is 0 Å².